The van der Waals surface area contributed by atoms with Crippen LogP contribution in [0.4, 0.5) is 0 Å². The number of hydrogen-bond donors (Lipinski definition) is 0. The van der Waals surface area contributed by atoms with Gasteiger partial charge in [0.1, 0.15) is 0 Å². The van der Waals surface area contributed by atoms with Gasteiger partial charge in [-0.25, -0.2) is 0 Å². The second kappa shape index (κ2) is 12.7. The molecule has 0 saturated heterocycles. The third kappa shape index (κ3) is 9.85. The monoisotopic (exact) mass is 298 g/mol. The fourth-order valence-corrected chi connectivity index (χ4v) is 4.21. The van der Waals surface area contributed by atoms with Gasteiger partial charge in [-0.2, -0.15) is 0 Å². The van der Waals surface area contributed by atoms with Crippen LogP contribution in [-0.2, 0) is 4.79 Å². The molecule has 1 nitrogen and oxygen atoms in total. The quantitative estimate of drug-likeness (QED) is 0.405. The highest BCUT2D eigenvalue weighted by molar-refractivity contribution is 8.14. The van der Waals surface area contributed by atoms with Crippen molar-refractivity contribution in [3.8, 4) is 0 Å². The van der Waals surface area contributed by atoms with Crippen molar-refractivity contribution < 1.29 is 4.79 Å². The largest absolute Gasteiger partial charge is 0.287 e. The van der Waals surface area contributed by atoms with Crippen molar-refractivity contribution in [2.24, 2.45) is 0 Å². The molecule has 0 aromatic rings. The van der Waals surface area contributed by atoms with Crippen molar-refractivity contribution in [3.63, 3.8) is 0 Å². The lowest BCUT2D eigenvalue weighted by molar-refractivity contribution is -0.111. The Morgan fingerprint density at radius 1 is 0.850 bits per heavy atom. The van der Waals surface area contributed by atoms with E-state index in [4.69, 9.17) is 0 Å². The van der Waals surface area contributed by atoms with Crippen LogP contribution in [-0.4, -0.2) is 10.4 Å². The summed E-state index contributed by atoms with van der Waals surface area (Å²) in [5.74, 6) is 0. The van der Waals surface area contributed by atoms with E-state index in [2.05, 4.69) is 6.92 Å². The van der Waals surface area contributed by atoms with Crippen LogP contribution in [0.2, 0.25) is 0 Å². The van der Waals surface area contributed by atoms with E-state index in [1.165, 1.54) is 83.5 Å². The molecule has 0 aromatic carbocycles. The molecule has 1 saturated carbocycles. The molecule has 0 heterocycles. The maximum atomic E-state index is 11.9. The zero-order valence-corrected chi connectivity index (χ0v) is 14.3. The number of rotatable bonds is 11. The van der Waals surface area contributed by atoms with Crippen molar-refractivity contribution in [2.45, 2.75) is 108 Å². The first-order valence-electron chi connectivity index (χ1n) is 9.02. The molecule has 0 aliphatic heterocycles. The molecule has 0 amide bonds. The van der Waals surface area contributed by atoms with Crippen LogP contribution in [0, 0.1) is 0 Å². The number of carbonyl (C=O) groups is 1. The minimum absolute atomic E-state index is 0.458. The average molecular weight is 299 g/mol. The molecule has 0 radical (unpaired) electrons. The molecule has 0 bridgehead atoms. The topological polar surface area (TPSA) is 17.1 Å². The molecule has 1 fully saturated rings. The fourth-order valence-electron chi connectivity index (χ4n) is 3.01. The van der Waals surface area contributed by atoms with Crippen LogP contribution in [0.5, 0.6) is 0 Å². The average Bonchev–Trinajstić information content (AvgIpc) is 2.46. The summed E-state index contributed by atoms with van der Waals surface area (Å²) in [6.45, 7) is 2.27. The molecule has 0 spiro atoms. The number of hydrogen-bond acceptors (Lipinski definition) is 2. The first-order chi connectivity index (χ1) is 9.83. The normalized spacial score (nSPS) is 16.4. The maximum Gasteiger partial charge on any atom is 0.189 e. The van der Waals surface area contributed by atoms with Crippen molar-refractivity contribution in [3.05, 3.63) is 0 Å². The Hall–Kier alpha value is 0.0200. The lowest BCUT2D eigenvalue weighted by Gasteiger charge is -2.19. The first kappa shape index (κ1) is 18.1. The molecule has 0 N–H and O–H groups in total. The third-order valence-electron chi connectivity index (χ3n) is 4.33. The molecular weight excluding hydrogens is 264 g/mol. The summed E-state index contributed by atoms with van der Waals surface area (Å²) in [4.78, 5) is 11.9. The molecule has 1 aliphatic carbocycles. The summed E-state index contributed by atoms with van der Waals surface area (Å²) < 4.78 is 0. The zero-order valence-electron chi connectivity index (χ0n) is 13.5. The van der Waals surface area contributed by atoms with Gasteiger partial charge < -0.3 is 0 Å². The van der Waals surface area contributed by atoms with Crippen LogP contribution >= 0.6 is 11.8 Å². The molecular formula is C18H34OS. The van der Waals surface area contributed by atoms with Gasteiger partial charge in [0.05, 0.1) is 0 Å². The van der Waals surface area contributed by atoms with E-state index in [0.29, 0.717) is 10.4 Å². The summed E-state index contributed by atoms with van der Waals surface area (Å²) in [5, 5.41) is 1.11. The fraction of sp³-hybridized carbons (Fsp3) is 0.944. The number of thioether (sulfide) groups is 1. The van der Waals surface area contributed by atoms with E-state index in [1.807, 2.05) is 0 Å². The zero-order chi connectivity index (χ0) is 14.5. The Labute approximate surface area is 130 Å². The molecule has 0 aromatic heterocycles. The van der Waals surface area contributed by atoms with Gasteiger partial charge in [0.2, 0.25) is 0 Å². The van der Waals surface area contributed by atoms with Crippen LogP contribution in [0.15, 0.2) is 0 Å². The van der Waals surface area contributed by atoms with Gasteiger partial charge in [0.15, 0.2) is 5.12 Å². The molecule has 0 atom stereocenters. The smallest absolute Gasteiger partial charge is 0.189 e. The van der Waals surface area contributed by atoms with Crippen LogP contribution < -0.4 is 0 Å². The van der Waals surface area contributed by atoms with Crippen molar-refractivity contribution in [1.82, 2.24) is 0 Å². The second-order valence-electron chi connectivity index (χ2n) is 6.33. The lowest BCUT2D eigenvalue weighted by atomic mass is 10.0. The van der Waals surface area contributed by atoms with Gasteiger partial charge in [-0.15, -0.1) is 0 Å². The number of unbranched alkanes of at least 4 members (excludes halogenated alkanes) is 8. The third-order valence-corrected chi connectivity index (χ3v) is 5.61. The standard InChI is InChI=1S/C18H34OS/c1-2-3-4-5-6-7-8-9-13-16-18(19)20-17-14-11-10-12-15-17/h17H,2-16H2,1H3. The van der Waals surface area contributed by atoms with E-state index in [-0.39, 0.29) is 0 Å². The predicted molar refractivity (Wildman–Crippen MR) is 91.3 cm³/mol. The molecule has 118 valence electrons. The number of carbonyl (C=O) groups excluding carboxylic acids is 1. The summed E-state index contributed by atoms with van der Waals surface area (Å²) in [6, 6.07) is 0. The summed E-state index contributed by atoms with van der Waals surface area (Å²) >= 11 is 1.66. The van der Waals surface area contributed by atoms with E-state index in [0.717, 1.165) is 12.8 Å². The molecule has 0 unspecified atom stereocenters. The Morgan fingerprint density at radius 2 is 1.40 bits per heavy atom. The van der Waals surface area contributed by atoms with Crippen molar-refractivity contribution in [1.29, 1.82) is 0 Å². The van der Waals surface area contributed by atoms with Crippen molar-refractivity contribution >= 4 is 16.9 Å². The van der Waals surface area contributed by atoms with Crippen molar-refractivity contribution in [2.75, 3.05) is 0 Å². The molecule has 1 aliphatic rings. The highest BCUT2D eigenvalue weighted by atomic mass is 32.2. The highest BCUT2D eigenvalue weighted by Crippen LogP contribution is 2.29. The van der Waals surface area contributed by atoms with E-state index >= 15 is 0 Å². The van der Waals surface area contributed by atoms with E-state index in [9.17, 15) is 4.79 Å². The van der Waals surface area contributed by atoms with E-state index < -0.39 is 0 Å². The minimum atomic E-state index is 0.458. The lowest BCUT2D eigenvalue weighted by Crippen LogP contribution is -2.11. The summed E-state index contributed by atoms with van der Waals surface area (Å²) in [5.41, 5.74) is 0. The van der Waals surface area contributed by atoms with Crippen LogP contribution in [0.3, 0.4) is 0 Å². The summed E-state index contributed by atoms with van der Waals surface area (Å²) in [6.07, 6.45) is 19.4. The first-order valence-corrected chi connectivity index (χ1v) is 9.90. The maximum absolute atomic E-state index is 11.9. The van der Waals surface area contributed by atoms with Gasteiger partial charge in [-0.1, -0.05) is 89.3 Å². The Morgan fingerprint density at radius 3 is 2.00 bits per heavy atom. The van der Waals surface area contributed by atoms with Crippen LogP contribution in [0.1, 0.15) is 103 Å². The highest BCUT2D eigenvalue weighted by Gasteiger charge is 2.17. The minimum Gasteiger partial charge on any atom is -0.287 e. The summed E-state index contributed by atoms with van der Waals surface area (Å²) in [7, 11) is 0. The Balaban J connectivity index is 1.84. The Kier molecular flexibility index (Phi) is 11.5. The second-order valence-corrected chi connectivity index (χ2v) is 7.69. The van der Waals surface area contributed by atoms with E-state index in [1.54, 1.807) is 11.8 Å². The van der Waals surface area contributed by atoms with Crippen LogP contribution in [0.25, 0.3) is 0 Å². The van der Waals surface area contributed by atoms with Gasteiger partial charge in [-0.05, 0) is 19.3 Å². The predicted octanol–water partition coefficient (Wildman–Crippen LogP) is 6.50. The van der Waals surface area contributed by atoms with Gasteiger partial charge in [0.25, 0.3) is 0 Å². The SMILES string of the molecule is CCCCCCCCCCCC(=O)SC1CCCCC1. The molecule has 2 heteroatoms. The van der Waals surface area contributed by atoms with Gasteiger partial charge in [0, 0.05) is 11.7 Å². The van der Waals surface area contributed by atoms with Gasteiger partial charge in [-0.3, -0.25) is 4.79 Å². The molecule has 1 rings (SSSR count). The molecule has 20 heavy (non-hydrogen) atoms. The van der Waals surface area contributed by atoms with Gasteiger partial charge >= 0.3 is 0 Å². The Bertz CT molecular complexity index is 234.